The zero-order valence-corrected chi connectivity index (χ0v) is 13.6. The summed E-state index contributed by atoms with van der Waals surface area (Å²) in [7, 11) is 0. The Morgan fingerprint density at radius 1 is 1.36 bits per heavy atom. The largest absolute Gasteiger partial charge is 0.354 e. The van der Waals surface area contributed by atoms with Crippen LogP contribution in [0.25, 0.3) is 6.08 Å². The highest BCUT2D eigenvalue weighted by molar-refractivity contribution is 5.73. The van der Waals surface area contributed by atoms with Crippen LogP contribution in [0, 0.1) is 0 Å². The van der Waals surface area contributed by atoms with Gasteiger partial charge in [-0.15, -0.1) is 0 Å². The molecule has 0 saturated heterocycles. The maximum atomic E-state index is 11.0. The van der Waals surface area contributed by atoms with Gasteiger partial charge in [0.25, 0.3) is 0 Å². The standard InChI is InChI=1S/C19H26N2O/c1-16(20-17(2)22)15-19-10-13-21(14-11-19)12-6-9-18-7-4-3-5-8-18/h3-10,16H,11-15H2,1-2H3,(H,20,22)/b9-6+/t16-/m1/s1. The van der Waals surface area contributed by atoms with E-state index in [1.807, 2.05) is 6.07 Å². The van der Waals surface area contributed by atoms with E-state index < -0.39 is 0 Å². The molecule has 1 aliphatic heterocycles. The molecule has 1 N–H and O–H groups in total. The molecule has 0 radical (unpaired) electrons. The lowest BCUT2D eigenvalue weighted by molar-refractivity contribution is -0.119. The van der Waals surface area contributed by atoms with Crippen LogP contribution in [0.4, 0.5) is 0 Å². The van der Waals surface area contributed by atoms with Crippen LogP contribution in [0.3, 0.4) is 0 Å². The molecule has 0 fully saturated rings. The van der Waals surface area contributed by atoms with E-state index in [1.165, 1.54) is 11.1 Å². The lowest BCUT2D eigenvalue weighted by Crippen LogP contribution is -2.33. The number of amides is 1. The molecule has 1 atom stereocenters. The molecule has 118 valence electrons. The Bertz CT molecular complexity index is 534. The highest BCUT2D eigenvalue weighted by Crippen LogP contribution is 2.16. The molecule has 0 unspecified atom stereocenters. The molecule has 0 bridgehead atoms. The van der Waals surface area contributed by atoms with Crippen molar-refractivity contribution in [3.8, 4) is 0 Å². The molecule has 0 aliphatic carbocycles. The zero-order valence-electron chi connectivity index (χ0n) is 13.6. The second-order valence-corrected chi connectivity index (χ2v) is 5.99. The number of hydrogen-bond donors (Lipinski definition) is 1. The number of carbonyl (C=O) groups excluding carboxylic acids is 1. The molecule has 0 aromatic heterocycles. The Kier molecular flexibility index (Phi) is 6.41. The van der Waals surface area contributed by atoms with Crippen LogP contribution in [0.5, 0.6) is 0 Å². The van der Waals surface area contributed by atoms with E-state index in [2.05, 4.69) is 59.6 Å². The van der Waals surface area contributed by atoms with Gasteiger partial charge in [-0.2, -0.15) is 0 Å². The average molecular weight is 298 g/mol. The van der Waals surface area contributed by atoms with E-state index in [4.69, 9.17) is 0 Å². The third-order valence-corrected chi connectivity index (χ3v) is 3.88. The first-order chi connectivity index (χ1) is 10.6. The van der Waals surface area contributed by atoms with Gasteiger partial charge in [-0.1, -0.05) is 54.1 Å². The number of rotatable bonds is 6. The highest BCUT2D eigenvalue weighted by atomic mass is 16.1. The average Bonchev–Trinajstić information content (AvgIpc) is 2.49. The fourth-order valence-electron chi connectivity index (χ4n) is 2.80. The molecule has 0 saturated carbocycles. The first-order valence-corrected chi connectivity index (χ1v) is 8.02. The van der Waals surface area contributed by atoms with Crippen molar-refractivity contribution in [2.45, 2.75) is 32.7 Å². The molecular weight excluding hydrogens is 272 g/mol. The van der Waals surface area contributed by atoms with Gasteiger partial charge in [0.15, 0.2) is 0 Å². The van der Waals surface area contributed by atoms with Crippen LogP contribution in [0.1, 0.15) is 32.3 Å². The van der Waals surface area contributed by atoms with Crippen molar-refractivity contribution >= 4 is 12.0 Å². The summed E-state index contributed by atoms with van der Waals surface area (Å²) in [5.41, 5.74) is 2.71. The van der Waals surface area contributed by atoms with E-state index in [0.29, 0.717) is 0 Å². The van der Waals surface area contributed by atoms with Gasteiger partial charge in [0.1, 0.15) is 0 Å². The molecule has 3 heteroatoms. The normalized spacial score (nSPS) is 17.3. The molecule has 1 aliphatic rings. The molecular formula is C19H26N2O. The topological polar surface area (TPSA) is 32.3 Å². The number of nitrogens with one attached hydrogen (secondary N) is 1. The Balaban J connectivity index is 1.74. The van der Waals surface area contributed by atoms with E-state index in [0.717, 1.165) is 32.5 Å². The van der Waals surface area contributed by atoms with Crippen molar-refractivity contribution in [1.82, 2.24) is 10.2 Å². The van der Waals surface area contributed by atoms with Crippen LogP contribution in [0.2, 0.25) is 0 Å². The fraction of sp³-hybridized carbons (Fsp3) is 0.421. The predicted molar refractivity (Wildman–Crippen MR) is 92.5 cm³/mol. The van der Waals surface area contributed by atoms with Crippen LogP contribution in [-0.4, -0.2) is 36.5 Å². The summed E-state index contributed by atoms with van der Waals surface area (Å²) in [5, 5.41) is 2.95. The van der Waals surface area contributed by atoms with E-state index >= 15 is 0 Å². The summed E-state index contributed by atoms with van der Waals surface area (Å²) >= 11 is 0. The molecule has 0 spiro atoms. The van der Waals surface area contributed by atoms with Crippen LogP contribution in [-0.2, 0) is 4.79 Å². The molecule has 3 nitrogen and oxygen atoms in total. The predicted octanol–water partition coefficient (Wildman–Crippen LogP) is 3.25. The van der Waals surface area contributed by atoms with Crippen molar-refractivity contribution < 1.29 is 4.79 Å². The third kappa shape index (κ3) is 5.86. The van der Waals surface area contributed by atoms with Crippen LogP contribution < -0.4 is 5.32 Å². The number of benzene rings is 1. The van der Waals surface area contributed by atoms with Gasteiger partial charge in [-0.05, 0) is 25.3 Å². The lowest BCUT2D eigenvalue weighted by Gasteiger charge is -2.26. The zero-order chi connectivity index (χ0) is 15.8. The Morgan fingerprint density at radius 2 is 2.14 bits per heavy atom. The van der Waals surface area contributed by atoms with E-state index in [9.17, 15) is 4.79 Å². The summed E-state index contributed by atoms with van der Waals surface area (Å²) in [4.78, 5) is 13.5. The summed E-state index contributed by atoms with van der Waals surface area (Å²) < 4.78 is 0. The van der Waals surface area contributed by atoms with E-state index in [-0.39, 0.29) is 11.9 Å². The van der Waals surface area contributed by atoms with Crippen LogP contribution in [0.15, 0.2) is 48.1 Å². The van der Waals surface area contributed by atoms with E-state index in [1.54, 1.807) is 6.92 Å². The SMILES string of the molecule is CC(=O)N[C@H](C)CC1=CCN(C/C=C/c2ccccc2)CC1. The van der Waals surface area contributed by atoms with Gasteiger partial charge < -0.3 is 5.32 Å². The summed E-state index contributed by atoms with van der Waals surface area (Å²) in [6, 6.07) is 10.6. The van der Waals surface area contributed by atoms with Gasteiger partial charge in [0.05, 0.1) is 0 Å². The number of carbonyl (C=O) groups is 1. The Labute approximate surface area is 133 Å². The molecule has 1 heterocycles. The van der Waals surface area contributed by atoms with Crippen molar-refractivity contribution in [2.75, 3.05) is 19.6 Å². The van der Waals surface area contributed by atoms with Crippen molar-refractivity contribution in [3.05, 3.63) is 53.6 Å². The third-order valence-electron chi connectivity index (χ3n) is 3.88. The molecule has 2 rings (SSSR count). The summed E-state index contributed by atoms with van der Waals surface area (Å²) in [6.45, 7) is 6.72. The second-order valence-electron chi connectivity index (χ2n) is 5.99. The summed E-state index contributed by atoms with van der Waals surface area (Å²) in [5.74, 6) is 0.0524. The Hall–Kier alpha value is -1.87. The van der Waals surface area contributed by atoms with Gasteiger partial charge in [-0.3, -0.25) is 9.69 Å². The second kappa shape index (κ2) is 8.54. The first-order valence-electron chi connectivity index (χ1n) is 8.02. The first kappa shape index (κ1) is 16.5. The van der Waals surface area contributed by atoms with Crippen LogP contribution >= 0.6 is 0 Å². The minimum atomic E-state index is 0.0524. The Morgan fingerprint density at radius 3 is 2.77 bits per heavy atom. The quantitative estimate of drug-likeness (QED) is 0.818. The fourth-order valence-corrected chi connectivity index (χ4v) is 2.80. The molecule has 1 aromatic rings. The maximum absolute atomic E-state index is 11.0. The summed E-state index contributed by atoms with van der Waals surface area (Å²) in [6.07, 6.45) is 8.79. The highest BCUT2D eigenvalue weighted by Gasteiger charge is 2.13. The lowest BCUT2D eigenvalue weighted by atomic mass is 10.0. The number of hydrogen-bond acceptors (Lipinski definition) is 2. The van der Waals surface area contributed by atoms with Gasteiger partial charge in [0, 0.05) is 32.6 Å². The number of nitrogens with zero attached hydrogens (tertiary/aromatic N) is 1. The molecule has 22 heavy (non-hydrogen) atoms. The maximum Gasteiger partial charge on any atom is 0.217 e. The van der Waals surface area contributed by atoms with Gasteiger partial charge in [0.2, 0.25) is 5.91 Å². The molecule has 1 aromatic carbocycles. The smallest absolute Gasteiger partial charge is 0.217 e. The van der Waals surface area contributed by atoms with Crippen molar-refractivity contribution in [3.63, 3.8) is 0 Å². The molecule has 1 amide bonds. The van der Waals surface area contributed by atoms with Gasteiger partial charge >= 0.3 is 0 Å². The van der Waals surface area contributed by atoms with Gasteiger partial charge in [-0.25, -0.2) is 0 Å². The van der Waals surface area contributed by atoms with Crippen molar-refractivity contribution in [1.29, 1.82) is 0 Å². The van der Waals surface area contributed by atoms with Crippen molar-refractivity contribution in [2.24, 2.45) is 0 Å². The monoisotopic (exact) mass is 298 g/mol. The minimum absolute atomic E-state index is 0.0524. The minimum Gasteiger partial charge on any atom is -0.354 e.